The zero-order chi connectivity index (χ0) is 18.1. The highest BCUT2D eigenvalue weighted by Gasteiger charge is 2.08. The lowest BCUT2D eigenvalue weighted by molar-refractivity contribution is 0.101. The number of ether oxygens (including phenoxy) is 3. The van der Waals surface area contributed by atoms with Gasteiger partial charge in [-0.25, -0.2) is 0 Å². The van der Waals surface area contributed by atoms with Crippen LogP contribution in [-0.2, 0) is 0 Å². The molecule has 0 aliphatic carbocycles. The molecule has 4 heteroatoms. The smallest absolute Gasteiger partial charge is 0.163 e. The first-order chi connectivity index (χ1) is 12.2. The largest absolute Gasteiger partial charge is 0.493 e. The first-order valence-electron chi connectivity index (χ1n) is 8.32. The Kier molecular flexibility index (Phi) is 7.08. The molecule has 0 atom stereocenters. The van der Waals surface area contributed by atoms with Crippen LogP contribution in [-0.4, -0.2) is 26.1 Å². The number of hydrogen-bond donors (Lipinski definition) is 0. The van der Waals surface area contributed by atoms with Gasteiger partial charge in [0.15, 0.2) is 17.3 Å². The van der Waals surface area contributed by atoms with Gasteiger partial charge in [-0.15, -0.1) is 0 Å². The molecular weight excluding hydrogens is 316 g/mol. The molecule has 0 aromatic heterocycles. The molecule has 0 bridgehead atoms. The van der Waals surface area contributed by atoms with E-state index in [1.54, 1.807) is 19.2 Å². The summed E-state index contributed by atoms with van der Waals surface area (Å²) in [5, 5.41) is 0. The van der Waals surface area contributed by atoms with Gasteiger partial charge in [-0.1, -0.05) is 30.4 Å². The van der Waals surface area contributed by atoms with Gasteiger partial charge in [-0.2, -0.15) is 0 Å². The van der Waals surface area contributed by atoms with Crippen LogP contribution in [0, 0.1) is 0 Å². The van der Waals surface area contributed by atoms with E-state index in [1.807, 2.05) is 49.4 Å². The summed E-state index contributed by atoms with van der Waals surface area (Å²) in [6.07, 6.45) is 4.68. The maximum absolute atomic E-state index is 11.6. The molecule has 0 N–H and O–H groups in total. The van der Waals surface area contributed by atoms with Crippen molar-refractivity contribution in [2.45, 2.75) is 20.3 Å². The fourth-order valence-corrected chi connectivity index (χ4v) is 2.41. The van der Waals surface area contributed by atoms with Gasteiger partial charge in [-0.3, -0.25) is 4.79 Å². The molecule has 0 saturated carbocycles. The van der Waals surface area contributed by atoms with Crippen LogP contribution >= 0.6 is 0 Å². The molecule has 0 unspecified atom stereocenters. The Morgan fingerprint density at radius 2 is 1.72 bits per heavy atom. The van der Waals surface area contributed by atoms with Crippen LogP contribution in [0.5, 0.6) is 17.2 Å². The van der Waals surface area contributed by atoms with E-state index in [9.17, 15) is 4.79 Å². The summed E-state index contributed by atoms with van der Waals surface area (Å²) in [6, 6.07) is 13.1. The number of carbonyl (C=O) groups is 1. The monoisotopic (exact) mass is 340 g/mol. The average molecular weight is 340 g/mol. The van der Waals surface area contributed by atoms with Crippen molar-refractivity contribution in [3.05, 3.63) is 59.7 Å². The summed E-state index contributed by atoms with van der Waals surface area (Å²) in [7, 11) is 1.63. The average Bonchev–Trinajstić information content (AvgIpc) is 2.62. The lowest BCUT2D eigenvalue weighted by Gasteiger charge is -2.12. The van der Waals surface area contributed by atoms with Crippen LogP contribution in [0.15, 0.2) is 48.5 Å². The van der Waals surface area contributed by atoms with Gasteiger partial charge >= 0.3 is 0 Å². The zero-order valence-corrected chi connectivity index (χ0v) is 15.0. The Hall–Kier alpha value is -2.75. The lowest BCUT2D eigenvalue weighted by Crippen LogP contribution is -2.07. The van der Waals surface area contributed by atoms with Gasteiger partial charge in [0.2, 0.25) is 0 Å². The highest BCUT2D eigenvalue weighted by Crippen LogP contribution is 2.28. The van der Waals surface area contributed by atoms with Crippen LogP contribution in [0.2, 0.25) is 0 Å². The summed E-state index contributed by atoms with van der Waals surface area (Å²) in [5.74, 6) is 2.03. The number of methoxy groups -OCH3 is 1. The Balaban J connectivity index is 1.85. The molecule has 25 heavy (non-hydrogen) atoms. The molecule has 0 amide bonds. The molecular formula is C21H24O4. The number of ketones is 1. The summed E-state index contributed by atoms with van der Waals surface area (Å²) in [4.78, 5) is 11.6. The highest BCUT2D eigenvalue weighted by molar-refractivity contribution is 5.96. The fraction of sp³-hybridized carbons (Fsp3) is 0.286. The molecule has 2 aromatic carbocycles. The predicted octanol–water partition coefficient (Wildman–Crippen LogP) is 4.78. The summed E-state index contributed by atoms with van der Waals surface area (Å²) in [5.41, 5.74) is 1.67. The predicted molar refractivity (Wildman–Crippen MR) is 99.8 cm³/mol. The number of carbonyl (C=O) groups excluding carboxylic acids is 1. The second kappa shape index (κ2) is 9.52. The molecule has 0 aliphatic rings. The molecule has 4 nitrogen and oxygen atoms in total. The van der Waals surface area contributed by atoms with Gasteiger partial charge in [0.1, 0.15) is 5.75 Å². The summed E-state index contributed by atoms with van der Waals surface area (Å²) < 4.78 is 16.9. The van der Waals surface area contributed by atoms with E-state index in [2.05, 4.69) is 0 Å². The van der Waals surface area contributed by atoms with E-state index < -0.39 is 0 Å². The summed E-state index contributed by atoms with van der Waals surface area (Å²) in [6.45, 7) is 4.49. The second-order valence-electron chi connectivity index (χ2n) is 5.51. The van der Waals surface area contributed by atoms with Gasteiger partial charge in [-0.05, 0) is 43.7 Å². The molecule has 0 aliphatic heterocycles. The lowest BCUT2D eigenvalue weighted by atomic mass is 10.1. The number of benzene rings is 2. The van der Waals surface area contributed by atoms with Crippen molar-refractivity contribution in [3.8, 4) is 17.2 Å². The number of allylic oxidation sites excluding steroid dienone is 1. The Bertz CT molecular complexity index is 734. The maximum atomic E-state index is 11.6. The molecule has 0 saturated heterocycles. The van der Waals surface area contributed by atoms with E-state index in [0.29, 0.717) is 42.4 Å². The minimum absolute atomic E-state index is 0.00203. The second-order valence-corrected chi connectivity index (χ2v) is 5.51. The van der Waals surface area contributed by atoms with E-state index in [0.717, 1.165) is 5.56 Å². The van der Waals surface area contributed by atoms with E-state index in [1.165, 1.54) is 6.92 Å². The van der Waals surface area contributed by atoms with Crippen LogP contribution in [0.4, 0.5) is 0 Å². The SMILES string of the molecule is CC=Cc1ccc(OCCCOc2ccccc2C(C)=O)c(OC)c1. The third-order valence-electron chi connectivity index (χ3n) is 3.62. The quantitative estimate of drug-likeness (QED) is 0.487. The van der Waals surface area contributed by atoms with Crippen molar-refractivity contribution in [2.75, 3.05) is 20.3 Å². The first-order valence-corrected chi connectivity index (χ1v) is 8.32. The van der Waals surface area contributed by atoms with Gasteiger partial charge in [0.25, 0.3) is 0 Å². The number of hydrogen-bond acceptors (Lipinski definition) is 4. The summed E-state index contributed by atoms with van der Waals surface area (Å²) >= 11 is 0. The maximum Gasteiger partial charge on any atom is 0.163 e. The van der Waals surface area contributed by atoms with E-state index in [-0.39, 0.29) is 5.78 Å². The van der Waals surface area contributed by atoms with E-state index >= 15 is 0 Å². The minimum Gasteiger partial charge on any atom is -0.493 e. The third-order valence-corrected chi connectivity index (χ3v) is 3.62. The fourth-order valence-electron chi connectivity index (χ4n) is 2.41. The van der Waals surface area contributed by atoms with Crippen LogP contribution in [0.25, 0.3) is 6.08 Å². The zero-order valence-electron chi connectivity index (χ0n) is 15.0. The normalized spacial score (nSPS) is 10.7. The van der Waals surface area contributed by atoms with Crippen LogP contribution in [0.3, 0.4) is 0 Å². The van der Waals surface area contributed by atoms with Crippen LogP contribution in [0.1, 0.15) is 36.2 Å². The van der Waals surface area contributed by atoms with Gasteiger partial charge in [0.05, 0.1) is 25.9 Å². The van der Waals surface area contributed by atoms with Crippen molar-refractivity contribution in [1.82, 2.24) is 0 Å². The topological polar surface area (TPSA) is 44.8 Å². The minimum atomic E-state index is -0.00203. The molecule has 2 rings (SSSR count). The first kappa shape index (κ1) is 18.6. The Morgan fingerprint density at radius 3 is 2.40 bits per heavy atom. The molecule has 0 heterocycles. The molecule has 0 fully saturated rings. The third kappa shape index (κ3) is 5.38. The number of Topliss-reactive ketones (excluding diaryl/α,β-unsaturated/α-hetero) is 1. The standard InChI is InChI=1S/C21H24O4/c1-4-8-17-11-12-20(21(15-17)23-3)25-14-7-13-24-19-10-6-5-9-18(19)16(2)22/h4-6,8-12,15H,7,13-14H2,1-3H3. The Labute approximate surface area is 149 Å². The highest BCUT2D eigenvalue weighted by atomic mass is 16.5. The van der Waals surface area contributed by atoms with E-state index in [4.69, 9.17) is 14.2 Å². The molecule has 0 spiro atoms. The molecule has 0 radical (unpaired) electrons. The van der Waals surface area contributed by atoms with Crippen molar-refractivity contribution in [2.24, 2.45) is 0 Å². The van der Waals surface area contributed by atoms with Crippen molar-refractivity contribution >= 4 is 11.9 Å². The van der Waals surface area contributed by atoms with Crippen molar-refractivity contribution in [3.63, 3.8) is 0 Å². The number of para-hydroxylation sites is 1. The molecule has 132 valence electrons. The number of rotatable bonds is 9. The van der Waals surface area contributed by atoms with Crippen LogP contribution < -0.4 is 14.2 Å². The van der Waals surface area contributed by atoms with Crippen molar-refractivity contribution < 1.29 is 19.0 Å². The van der Waals surface area contributed by atoms with Crippen molar-refractivity contribution in [1.29, 1.82) is 0 Å². The van der Waals surface area contributed by atoms with Gasteiger partial charge < -0.3 is 14.2 Å². The Morgan fingerprint density at radius 1 is 1.00 bits per heavy atom. The molecule has 2 aromatic rings. The van der Waals surface area contributed by atoms with Gasteiger partial charge in [0, 0.05) is 6.42 Å².